The predicted octanol–water partition coefficient (Wildman–Crippen LogP) is 9.12. The molecule has 6 heteroatoms. The van der Waals surface area contributed by atoms with Crippen LogP contribution >= 0.6 is 0 Å². The fourth-order valence-corrected chi connectivity index (χ4v) is 5.11. The van der Waals surface area contributed by atoms with Crippen LogP contribution in [-0.2, 0) is 25.5 Å². The molecule has 0 N–H and O–H groups in total. The molecule has 42 heavy (non-hydrogen) atoms. The van der Waals surface area contributed by atoms with Crippen molar-refractivity contribution in [3.63, 3.8) is 0 Å². The van der Waals surface area contributed by atoms with Crippen LogP contribution in [0.2, 0.25) is 0 Å². The molecule has 230 valence electrons. The topological polar surface area (TPSA) is 71.1 Å². The summed E-state index contributed by atoms with van der Waals surface area (Å²) in [5.41, 5.74) is 1.19. The Morgan fingerprint density at radius 3 is 1.57 bits per heavy atom. The maximum atomic E-state index is 12.3. The molecule has 3 aromatic carbocycles. The quantitative estimate of drug-likeness (QED) is 0.0802. The Morgan fingerprint density at radius 1 is 0.619 bits per heavy atom. The van der Waals surface area contributed by atoms with Gasteiger partial charge in [0.15, 0.2) is 0 Å². The summed E-state index contributed by atoms with van der Waals surface area (Å²) in [5.74, 6) is 1.14. The van der Waals surface area contributed by atoms with Crippen molar-refractivity contribution in [3.05, 3.63) is 48.0 Å². The summed E-state index contributed by atoms with van der Waals surface area (Å²) in [4.78, 5) is 24.6. The second kappa shape index (κ2) is 17.6. The van der Waals surface area contributed by atoms with Gasteiger partial charge in [-0.15, -0.1) is 0 Å². The second-order valence-electron chi connectivity index (χ2n) is 11.3. The lowest BCUT2D eigenvalue weighted by molar-refractivity contribution is -0.150. The molecule has 0 fully saturated rings. The molecule has 6 nitrogen and oxygen atoms in total. The lowest BCUT2D eigenvalue weighted by atomic mass is 9.98. The van der Waals surface area contributed by atoms with Gasteiger partial charge in [-0.25, -0.2) is 0 Å². The maximum absolute atomic E-state index is 12.3. The van der Waals surface area contributed by atoms with E-state index in [2.05, 4.69) is 39.0 Å². The van der Waals surface area contributed by atoms with Gasteiger partial charge in [-0.2, -0.15) is 0 Å². The average Bonchev–Trinajstić information content (AvgIpc) is 2.98. The minimum absolute atomic E-state index is 0.176. The number of aryl methyl sites for hydroxylation is 1. The molecular weight excluding hydrogens is 528 g/mol. The molecule has 2 atom stereocenters. The lowest BCUT2D eigenvalue weighted by Crippen LogP contribution is -2.22. The minimum atomic E-state index is -0.375. The first-order valence-electron chi connectivity index (χ1n) is 16.0. The molecule has 3 rings (SSSR count). The predicted molar refractivity (Wildman–Crippen MR) is 170 cm³/mol. The van der Waals surface area contributed by atoms with Gasteiger partial charge in [0.25, 0.3) is 0 Å². The number of hydrogen-bond donors (Lipinski definition) is 0. The molecular formula is C36H50O6. The molecule has 0 aliphatic heterocycles. The Labute approximate surface area is 252 Å². The monoisotopic (exact) mass is 578 g/mol. The molecule has 0 bridgehead atoms. The van der Waals surface area contributed by atoms with Crippen LogP contribution in [0.25, 0.3) is 21.5 Å². The van der Waals surface area contributed by atoms with Crippen molar-refractivity contribution >= 4 is 33.5 Å². The second-order valence-corrected chi connectivity index (χ2v) is 11.3. The van der Waals surface area contributed by atoms with Crippen molar-refractivity contribution in [2.75, 3.05) is 13.2 Å². The van der Waals surface area contributed by atoms with E-state index in [-0.39, 0.29) is 37.4 Å². The zero-order chi connectivity index (χ0) is 30.3. The summed E-state index contributed by atoms with van der Waals surface area (Å²) in [6.07, 6.45) is 9.35. The molecule has 0 aromatic heterocycles. The zero-order valence-corrected chi connectivity index (χ0v) is 26.3. The highest BCUT2D eigenvalue weighted by atomic mass is 16.6. The van der Waals surface area contributed by atoms with Crippen molar-refractivity contribution in [3.8, 4) is 11.5 Å². The summed E-state index contributed by atoms with van der Waals surface area (Å²) in [5, 5.41) is 3.72. The number of unbranched alkanes of at least 4 members (excludes halogenated alkanes) is 6. The highest BCUT2D eigenvalue weighted by Gasteiger charge is 2.20. The summed E-state index contributed by atoms with van der Waals surface area (Å²) in [7, 11) is 0. The zero-order valence-electron chi connectivity index (χ0n) is 26.3. The third-order valence-electron chi connectivity index (χ3n) is 7.46. The smallest absolute Gasteiger partial charge is 0.306 e. The van der Waals surface area contributed by atoms with E-state index in [1.807, 2.05) is 38.1 Å². The van der Waals surface area contributed by atoms with Gasteiger partial charge >= 0.3 is 11.9 Å². The maximum Gasteiger partial charge on any atom is 0.306 e. The molecule has 0 spiro atoms. The third-order valence-corrected chi connectivity index (χ3v) is 7.46. The van der Waals surface area contributed by atoms with Crippen molar-refractivity contribution in [2.45, 2.75) is 117 Å². The Bertz CT molecular complexity index is 1280. The lowest BCUT2D eigenvalue weighted by Gasteiger charge is -2.21. The highest BCUT2D eigenvalue weighted by molar-refractivity contribution is 6.11. The molecule has 3 aromatic rings. The van der Waals surface area contributed by atoms with Crippen LogP contribution in [0.4, 0.5) is 0 Å². The van der Waals surface area contributed by atoms with Crippen LogP contribution in [-0.4, -0.2) is 37.4 Å². The van der Waals surface area contributed by atoms with E-state index in [1.165, 1.54) is 5.56 Å². The van der Waals surface area contributed by atoms with E-state index in [4.69, 9.17) is 18.9 Å². The van der Waals surface area contributed by atoms with E-state index in [9.17, 15) is 9.59 Å². The number of hydrogen-bond acceptors (Lipinski definition) is 6. The molecule has 2 unspecified atom stereocenters. The summed E-state index contributed by atoms with van der Waals surface area (Å²) < 4.78 is 24.1. The van der Waals surface area contributed by atoms with Gasteiger partial charge in [-0.3, -0.25) is 9.59 Å². The normalized spacial score (nSPS) is 12.7. The molecule has 0 saturated carbocycles. The van der Waals surface area contributed by atoms with Gasteiger partial charge in [-0.1, -0.05) is 95.7 Å². The van der Waals surface area contributed by atoms with Crippen molar-refractivity contribution in [2.24, 2.45) is 0 Å². The Kier molecular flexibility index (Phi) is 13.9. The van der Waals surface area contributed by atoms with Crippen LogP contribution in [0, 0.1) is 0 Å². The Morgan fingerprint density at radius 2 is 1.10 bits per heavy atom. The summed E-state index contributed by atoms with van der Waals surface area (Å²) in [6.45, 7) is 10.7. The number of benzene rings is 3. The van der Waals surface area contributed by atoms with Crippen molar-refractivity contribution in [1.29, 1.82) is 0 Å². The number of rotatable bonds is 19. The molecule has 0 saturated heterocycles. The van der Waals surface area contributed by atoms with E-state index in [0.29, 0.717) is 12.8 Å². The Hall–Kier alpha value is -3.28. The van der Waals surface area contributed by atoms with Crippen molar-refractivity contribution in [1.82, 2.24) is 0 Å². The average molecular weight is 579 g/mol. The number of fused-ring (bicyclic) bond motifs is 2. The van der Waals surface area contributed by atoms with Gasteiger partial charge in [0, 0.05) is 34.4 Å². The van der Waals surface area contributed by atoms with E-state index in [1.54, 1.807) is 0 Å². The number of esters is 2. The van der Waals surface area contributed by atoms with E-state index in [0.717, 1.165) is 90.8 Å². The molecule has 0 aliphatic carbocycles. The number of ether oxygens (including phenoxy) is 4. The molecule has 0 heterocycles. The fourth-order valence-electron chi connectivity index (χ4n) is 5.11. The van der Waals surface area contributed by atoms with Gasteiger partial charge in [0.2, 0.25) is 0 Å². The van der Waals surface area contributed by atoms with Crippen LogP contribution in [0.1, 0.15) is 104 Å². The molecule has 0 amide bonds. The minimum Gasteiger partial charge on any atom is -0.488 e. The molecule has 0 aliphatic rings. The SMILES string of the molecule is CCCCCCC(=O)OC(C)COc1c2ccccc2c(OCC(C)OC(=O)CCCCCC)c2cc(CC)ccc12. The van der Waals surface area contributed by atoms with E-state index < -0.39 is 0 Å². The van der Waals surface area contributed by atoms with Gasteiger partial charge < -0.3 is 18.9 Å². The number of carbonyl (C=O) groups excluding carboxylic acids is 2. The fraction of sp³-hybridized carbons (Fsp3) is 0.556. The first-order valence-corrected chi connectivity index (χ1v) is 16.0. The van der Waals surface area contributed by atoms with Crippen LogP contribution < -0.4 is 9.47 Å². The van der Waals surface area contributed by atoms with Gasteiger partial charge in [0.1, 0.15) is 36.9 Å². The van der Waals surface area contributed by atoms with Gasteiger partial charge in [-0.05, 0) is 44.7 Å². The molecule has 0 radical (unpaired) electrons. The van der Waals surface area contributed by atoms with Crippen molar-refractivity contribution < 1.29 is 28.5 Å². The summed E-state index contributed by atoms with van der Waals surface area (Å²) in [6, 6.07) is 14.3. The van der Waals surface area contributed by atoms with Crippen LogP contribution in [0.15, 0.2) is 42.5 Å². The largest absolute Gasteiger partial charge is 0.488 e. The first kappa shape index (κ1) is 33.2. The van der Waals surface area contributed by atoms with Crippen LogP contribution in [0.3, 0.4) is 0 Å². The van der Waals surface area contributed by atoms with Gasteiger partial charge in [0.05, 0.1) is 0 Å². The summed E-state index contributed by atoms with van der Waals surface area (Å²) >= 11 is 0. The standard InChI is InChI=1S/C36H50O6/c1-6-9-11-13-19-33(37)41-26(4)24-39-35-29-17-15-16-18-30(29)36(32-23-28(8-3)21-22-31(32)35)40-25-27(5)42-34(38)20-14-12-10-7-2/h15-18,21-23,26-27H,6-14,19-20,24-25H2,1-5H3. The van der Waals surface area contributed by atoms with Crippen LogP contribution in [0.5, 0.6) is 11.5 Å². The first-order chi connectivity index (χ1) is 20.4. The third kappa shape index (κ3) is 9.92. The van der Waals surface area contributed by atoms with E-state index >= 15 is 0 Å². The highest BCUT2D eigenvalue weighted by Crippen LogP contribution is 2.43. The number of carbonyl (C=O) groups is 2. The Balaban J connectivity index is 1.79.